The fraction of sp³-hybridized carbons (Fsp3) is 0.611. The van der Waals surface area contributed by atoms with Crippen molar-refractivity contribution in [3.8, 4) is 0 Å². The molecule has 3 nitrogen and oxygen atoms in total. The zero-order chi connectivity index (χ0) is 15.4. The lowest BCUT2D eigenvalue weighted by molar-refractivity contribution is -0.126. The number of hydrogen-bond acceptors (Lipinski definition) is 2. The van der Waals surface area contributed by atoms with Crippen molar-refractivity contribution in [3.63, 3.8) is 0 Å². The molecule has 1 amide bonds. The lowest BCUT2D eigenvalue weighted by Gasteiger charge is -2.21. The van der Waals surface area contributed by atoms with Crippen molar-refractivity contribution in [2.45, 2.75) is 52.5 Å². The minimum atomic E-state index is 0. The standard InChI is InChI=1S/C18H28N2O.ClH/c1-12-7-8-15(13(2)9-12)10-14(3)20-18(21)17-6-4-5-16(17)11-19;/h7-9,14,16-17H,4-6,10-11,19H2,1-3H3,(H,20,21);1H/t14?,16-,17-;/m1./s1. The maximum absolute atomic E-state index is 12.4. The van der Waals surface area contributed by atoms with Crippen molar-refractivity contribution in [2.75, 3.05) is 6.54 Å². The number of nitrogens with one attached hydrogen (secondary N) is 1. The van der Waals surface area contributed by atoms with Crippen LogP contribution >= 0.6 is 12.4 Å². The SMILES string of the molecule is Cc1ccc(CC(C)NC(=O)[C@@H]2CCC[C@@H]2CN)c(C)c1.Cl. The first-order chi connectivity index (χ1) is 10.0. The first-order valence-electron chi connectivity index (χ1n) is 8.07. The molecule has 0 heterocycles. The highest BCUT2D eigenvalue weighted by Crippen LogP contribution is 2.31. The van der Waals surface area contributed by atoms with Gasteiger partial charge in [0.25, 0.3) is 0 Å². The molecule has 1 aliphatic carbocycles. The van der Waals surface area contributed by atoms with Crippen LogP contribution in [0.25, 0.3) is 0 Å². The molecule has 1 aromatic rings. The maximum atomic E-state index is 12.4. The van der Waals surface area contributed by atoms with Crippen LogP contribution in [0.15, 0.2) is 18.2 Å². The van der Waals surface area contributed by atoms with Gasteiger partial charge in [0.15, 0.2) is 0 Å². The molecule has 0 saturated heterocycles. The van der Waals surface area contributed by atoms with E-state index in [9.17, 15) is 4.79 Å². The molecule has 2 rings (SSSR count). The third-order valence-corrected chi connectivity index (χ3v) is 4.71. The Labute approximate surface area is 140 Å². The number of benzene rings is 1. The molecule has 0 aromatic heterocycles. The molecule has 0 aliphatic heterocycles. The van der Waals surface area contributed by atoms with Crippen LogP contribution in [0, 0.1) is 25.7 Å². The summed E-state index contributed by atoms with van der Waals surface area (Å²) < 4.78 is 0. The molecular formula is C18H29ClN2O. The van der Waals surface area contributed by atoms with Crippen molar-refractivity contribution in [1.82, 2.24) is 5.32 Å². The highest BCUT2D eigenvalue weighted by Gasteiger charge is 2.32. The van der Waals surface area contributed by atoms with Crippen LogP contribution in [-0.2, 0) is 11.2 Å². The smallest absolute Gasteiger partial charge is 0.223 e. The van der Waals surface area contributed by atoms with E-state index in [0.717, 1.165) is 25.7 Å². The minimum Gasteiger partial charge on any atom is -0.353 e. The first-order valence-corrected chi connectivity index (χ1v) is 8.07. The van der Waals surface area contributed by atoms with Gasteiger partial charge in [-0.25, -0.2) is 0 Å². The Balaban J connectivity index is 0.00000242. The molecule has 22 heavy (non-hydrogen) atoms. The molecule has 1 aliphatic rings. The largest absolute Gasteiger partial charge is 0.353 e. The normalized spacial score (nSPS) is 22.0. The van der Waals surface area contributed by atoms with Crippen molar-refractivity contribution < 1.29 is 4.79 Å². The third kappa shape index (κ3) is 4.72. The van der Waals surface area contributed by atoms with Gasteiger partial charge in [0.1, 0.15) is 0 Å². The Kier molecular flexibility index (Phi) is 7.37. The monoisotopic (exact) mass is 324 g/mol. The average Bonchev–Trinajstić information content (AvgIpc) is 2.90. The van der Waals surface area contributed by atoms with E-state index in [-0.39, 0.29) is 30.3 Å². The van der Waals surface area contributed by atoms with Gasteiger partial charge in [-0.1, -0.05) is 30.2 Å². The van der Waals surface area contributed by atoms with Crippen LogP contribution in [0.2, 0.25) is 0 Å². The van der Waals surface area contributed by atoms with Gasteiger partial charge in [-0.3, -0.25) is 4.79 Å². The number of amides is 1. The predicted octanol–water partition coefficient (Wildman–Crippen LogP) is 3.15. The van der Waals surface area contributed by atoms with Gasteiger partial charge < -0.3 is 11.1 Å². The molecule has 3 N–H and O–H groups in total. The summed E-state index contributed by atoms with van der Waals surface area (Å²) in [5, 5.41) is 3.18. The number of halogens is 1. The fourth-order valence-corrected chi connectivity index (χ4v) is 3.47. The van der Waals surface area contributed by atoms with E-state index in [1.807, 2.05) is 0 Å². The maximum Gasteiger partial charge on any atom is 0.223 e. The Morgan fingerprint density at radius 2 is 2.09 bits per heavy atom. The second-order valence-electron chi connectivity index (χ2n) is 6.58. The summed E-state index contributed by atoms with van der Waals surface area (Å²) in [5.74, 6) is 0.690. The Morgan fingerprint density at radius 1 is 1.36 bits per heavy atom. The lowest BCUT2D eigenvalue weighted by atomic mass is 9.94. The minimum absolute atomic E-state index is 0. The van der Waals surface area contributed by atoms with E-state index < -0.39 is 0 Å². The summed E-state index contributed by atoms with van der Waals surface area (Å²) in [4.78, 5) is 12.4. The number of carbonyl (C=O) groups is 1. The summed E-state index contributed by atoms with van der Waals surface area (Å²) in [6, 6.07) is 6.67. The van der Waals surface area contributed by atoms with Crippen LogP contribution in [0.1, 0.15) is 42.9 Å². The molecule has 3 atom stereocenters. The second-order valence-corrected chi connectivity index (χ2v) is 6.58. The van der Waals surface area contributed by atoms with Gasteiger partial charge in [0.2, 0.25) is 5.91 Å². The molecule has 0 bridgehead atoms. The molecular weight excluding hydrogens is 296 g/mol. The van der Waals surface area contributed by atoms with Gasteiger partial charge in [0, 0.05) is 12.0 Å². The molecule has 4 heteroatoms. The Morgan fingerprint density at radius 3 is 2.73 bits per heavy atom. The van der Waals surface area contributed by atoms with Crippen LogP contribution in [-0.4, -0.2) is 18.5 Å². The van der Waals surface area contributed by atoms with Crippen LogP contribution < -0.4 is 11.1 Å². The molecule has 0 radical (unpaired) electrons. The summed E-state index contributed by atoms with van der Waals surface area (Å²) in [5.41, 5.74) is 9.67. The molecule has 1 fully saturated rings. The Bertz CT molecular complexity index is 504. The predicted molar refractivity (Wildman–Crippen MR) is 94.4 cm³/mol. The first kappa shape index (κ1) is 19.0. The van der Waals surface area contributed by atoms with Crippen LogP contribution in [0.5, 0.6) is 0 Å². The third-order valence-electron chi connectivity index (χ3n) is 4.71. The van der Waals surface area contributed by atoms with Gasteiger partial charge in [0.05, 0.1) is 0 Å². The lowest BCUT2D eigenvalue weighted by Crippen LogP contribution is -2.40. The Hall–Kier alpha value is -1.06. The van der Waals surface area contributed by atoms with E-state index in [1.165, 1.54) is 16.7 Å². The number of nitrogens with two attached hydrogens (primary N) is 1. The van der Waals surface area contributed by atoms with Gasteiger partial charge >= 0.3 is 0 Å². The number of hydrogen-bond donors (Lipinski definition) is 2. The van der Waals surface area contributed by atoms with E-state index in [0.29, 0.717) is 12.5 Å². The van der Waals surface area contributed by atoms with Gasteiger partial charge in [-0.05, 0) is 63.6 Å². The summed E-state index contributed by atoms with van der Waals surface area (Å²) in [6.45, 7) is 6.96. The number of rotatable bonds is 5. The molecule has 1 saturated carbocycles. The van der Waals surface area contributed by atoms with Gasteiger partial charge in [-0.2, -0.15) is 0 Å². The number of carbonyl (C=O) groups excluding carboxylic acids is 1. The summed E-state index contributed by atoms with van der Waals surface area (Å²) in [6.07, 6.45) is 4.10. The molecule has 124 valence electrons. The van der Waals surface area contributed by atoms with E-state index in [2.05, 4.69) is 44.3 Å². The molecule has 1 unspecified atom stereocenters. The topological polar surface area (TPSA) is 55.1 Å². The van der Waals surface area contributed by atoms with E-state index >= 15 is 0 Å². The second kappa shape index (κ2) is 8.54. The zero-order valence-corrected chi connectivity index (χ0v) is 14.7. The molecule has 0 spiro atoms. The van der Waals surface area contributed by atoms with Crippen molar-refractivity contribution in [1.29, 1.82) is 0 Å². The van der Waals surface area contributed by atoms with Crippen LogP contribution in [0.4, 0.5) is 0 Å². The summed E-state index contributed by atoms with van der Waals surface area (Å²) in [7, 11) is 0. The fourth-order valence-electron chi connectivity index (χ4n) is 3.47. The highest BCUT2D eigenvalue weighted by molar-refractivity contribution is 5.85. The highest BCUT2D eigenvalue weighted by atomic mass is 35.5. The summed E-state index contributed by atoms with van der Waals surface area (Å²) >= 11 is 0. The molecule has 1 aromatic carbocycles. The van der Waals surface area contributed by atoms with Gasteiger partial charge in [-0.15, -0.1) is 12.4 Å². The van der Waals surface area contributed by atoms with Crippen LogP contribution in [0.3, 0.4) is 0 Å². The van der Waals surface area contributed by atoms with E-state index in [1.54, 1.807) is 0 Å². The quantitative estimate of drug-likeness (QED) is 0.874. The van der Waals surface area contributed by atoms with Crippen molar-refractivity contribution in [3.05, 3.63) is 34.9 Å². The van der Waals surface area contributed by atoms with E-state index in [4.69, 9.17) is 5.73 Å². The average molecular weight is 325 g/mol. The van der Waals surface area contributed by atoms with Crippen molar-refractivity contribution in [2.24, 2.45) is 17.6 Å². The zero-order valence-electron chi connectivity index (χ0n) is 13.9. The number of aryl methyl sites for hydroxylation is 2. The van der Waals surface area contributed by atoms with Crippen molar-refractivity contribution >= 4 is 18.3 Å².